The van der Waals surface area contributed by atoms with E-state index in [-0.39, 0.29) is 6.61 Å². The Labute approximate surface area is 108 Å². The number of ether oxygens (including phenoxy) is 1. The summed E-state index contributed by atoms with van der Waals surface area (Å²) in [6.07, 6.45) is 2.92. The first-order valence-corrected chi connectivity index (χ1v) is 6.07. The molecule has 17 heavy (non-hydrogen) atoms. The van der Waals surface area contributed by atoms with Crippen LogP contribution in [0.4, 0.5) is 0 Å². The van der Waals surface area contributed by atoms with Gasteiger partial charge in [0, 0.05) is 6.20 Å². The number of aromatic nitrogens is 2. The van der Waals surface area contributed by atoms with Crippen LogP contribution in [0.5, 0.6) is 5.75 Å². The third-order valence-electron chi connectivity index (χ3n) is 2.19. The van der Waals surface area contributed by atoms with Gasteiger partial charge in [-0.3, -0.25) is 4.68 Å². The average molecular weight is 297 g/mol. The van der Waals surface area contributed by atoms with Gasteiger partial charge in [0.2, 0.25) is 0 Å². The van der Waals surface area contributed by atoms with Crippen LogP contribution in [0.2, 0.25) is 0 Å². The van der Waals surface area contributed by atoms with Crippen molar-refractivity contribution in [1.29, 1.82) is 0 Å². The van der Waals surface area contributed by atoms with E-state index >= 15 is 0 Å². The molecule has 0 aliphatic carbocycles. The highest BCUT2D eigenvalue weighted by molar-refractivity contribution is 9.10. The SMILES string of the molecule is O[C@H](COc1ccccc1)Cn1cc(Br)cn1. The summed E-state index contributed by atoms with van der Waals surface area (Å²) in [4.78, 5) is 0. The van der Waals surface area contributed by atoms with Gasteiger partial charge in [-0.05, 0) is 28.1 Å². The van der Waals surface area contributed by atoms with Crippen LogP contribution in [-0.2, 0) is 6.54 Å². The van der Waals surface area contributed by atoms with Gasteiger partial charge in [0.05, 0.1) is 17.2 Å². The summed E-state index contributed by atoms with van der Waals surface area (Å²) in [5.41, 5.74) is 0. The zero-order valence-electron chi connectivity index (χ0n) is 9.16. The van der Waals surface area contributed by atoms with E-state index < -0.39 is 6.10 Å². The predicted octanol–water partition coefficient (Wildman–Crippen LogP) is 2.09. The Morgan fingerprint density at radius 3 is 2.76 bits per heavy atom. The van der Waals surface area contributed by atoms with Gasteiger partial charge in [-0.2, -0.15) is 5.10 Å². The molecule has 0 unspecified atom stereocenters. The number of nitrogens with zero attached hydrogens (tertiary/aromatic N) is 2. The molecule has 90 valence electrons. The van der Waals surface area contributed by atoms with Crippen molar-refractivity contribution in [3.63, 3.8) is 0 Å². The molecule has 0 aliphatic rings. The number of hydrogen-bond acceptors (Lipinski definition) is 3. The van der Waals surface area contributed by atoms with Gasteiger partial charge in [-0.1, -0.05) is 18.2 Å². The Hall–Kier alpha value is -1.33. The molecule has 1 heterocycles. The van der Waals surface area contributed by atoms with Crippen molar-refractivity contribution >= 4 is 15.9 Å². The maximum absolute atomic E-state index is 9.77. The van der Waals surface area contributed by atoms with Crippen LogP contribution >= 0.6 is 15.9 Å². The van der Waals surface area contributed by atoms with Crippen molar-refractivity contribution < 1.29 is 9.84 Å². The summed E-state index contributed by atoms with van der Waals surface area (Å²) in [5, 5.41) is 13.8. The number of rotatable bonds is 5. The number of para-hydroxylation sites is 1. The first-order valence-electron chi connectivity index (χ1n) is 5.28. The molecule has 0 spiro atoms. The molecular formula is C12H13BrN2O2. The van der Waals surface area contributed by atoms with E-state index in [1.807, 2.05) is 36.5 Å². The molecule has 0 fully saturated rings. The first-order chi connectivity index (χ1) is 8.24. The second-order valence-corrected chi connectivity index (χ2v) is 4.57. The van der Waals surface area contributed by atoms with E-state index in [2.05, 4.69) is 21.0 Å². The van der Waals surface area contributed by atoms with E-state index in [1.165, 1.54) is 0 Å². The van der Waals surface area contributed by atoms with Crippen molar-refractivity contribution in [3.8, 4) is 5.75 Å². The van der Waals surface area contributed by atoms with Gasteiger partial charge in [0.15, 0.2) is 0 Å². The molecule has 0 radical (unpaired) electrons. The maximum atomic E-state index is 9.77. The smallest absolute Gasteiger partial charge is 0.119 e. The van der Waals surface area contributed by atoms with Crippen LogP contribution in [0.25, 0.3) is 0 Å². The standard InChI is InChI=1S/C12H13BrN2O2/c13-10-6-14-15(7-10)8-11(16)9-17-12-4-2-1-3-5-12/h1-7,11,16H,8-9H2/t11-/m0/s1. The molecule has 0 amide bonds. The van der Waals surface area contributed by atoms with Crippen LogP contribution in [0.1, 0.15) is 0 Å². The lowest BCUT2D eigenvalue weighted by Gasteiger charge is -2.12. The Balaban J connectivity index is 1.80. The summed E-state index contributed by atoms with van der Waals surface area (Å²) in [7, 11) is 0. The zero-order valence-corrected chi connectivity index (χ0v) is 10.7. The van der Waals surface area contributed by atoms with Crippen molar-refractivity contribution in [2.75, 3.05) is 6.61 Å². The second-order valence-electron chi connectivity index (χ2n) is 3.66. The minimum Gasteiger partial charge on any atom is -0.491 e. The summed E-state index contributed by atoms with van der Waals surface area (Å²) in [5.74, 6) is 0.758. The number of aliphatic hydroxyl groups is 1. The monoisotopic (exact) mass is 296 g/mol. The number of halogens is 1. The van der Waals surface area contributed by atoms with Crippen molar-refractivity contribution in [2.24, 2.45) is 0 Å². The van der Waals surface area contributed by atoms with E-state index in [0.29, 0.717) is 6.54 Å². The summed E-state index contributed by atoms with van der Waals surface area (Å²) >= 11 is 3.30. The maximum Gasteiger partial charge on any atom is 0.119 e. The highest BCUT2D eigenvalue weighted by atomic mass is 79.9. The van der Waals surface area contributed by atoms with Crippen LogP contribution in [-0.4, -0.2) is 27.6 Å². The van der Waals surface area contributed by atoms with E-state index in [0.717, 1.165) is 10.2 Å². The fourth-order valence-electron chi connectivity index (χ4n) is 1.42. The first kappa shape index (κ1) is 12.1. The molecule has 2 aromatic rings. The van der Waals surface area contributed by atoms with Gasteiger partial charge in [0.1, 0.15) is 18.5 Å². The molecule has 0 saturated heterocycles. The number of hydrogen-bond donors (Lipinski definition) is 1. The minimum absolute atomic E-state index is 0.251. The molecule has 0 aliphatic heterocycles. The molecule has 2 rings (SSSR count). The third-order valence-corrected chi connectivity index (χ3v) is 2.59. The van der Waals surface area contributed by atoms with Crippen LogP contribution in [0, 0.1) is 0 Å². The highest BCUT2D eigenvalue weighted by Gasteiger charge is 2.07. The van der Waals surface area contributed by atoms with Crippen LogP contribution < -0.4 is 4.74 Å². The minimum atomic E-state index is -0.581. The van der Waals surface area contributed by atoms with Crippen LogP contribution in [0.15, 0.2) is 47.2 Å². The Bertz CT molecular complexity index is 459. The molecule has 0 saturated carbocycles. The largest absolute Gasteiger partial charge is 0.491 e. The molecular weight excluding hydrogens is 284 g/mol. The van der Waals surface area contributed by atoms with Crippen molar-refractivity contribution in [1.82, 2.24) is 9.78 Å². The van der Waals surface area contributed by atoms with Crippen LogP contribution in [0.3, 0.4) is 0 Å². The van der Waals surface area contributed by atoms with Gasteiger partial charge in [-0.25, -0.2) is 0 Å². The van der Waals surface area contributed by atoms with Crippen molar-refractivity contribution in [2.45, 2.75) is 12.6 Å². The topological polar surface area (TPSA) is 47.3 Å². The van der Waals surface area contributed by atoms with E-state index in [9.17, 15) is 5.11 Å². The molecule has 1 aromatic carbocycles. The molecule has 0 bridgehead atoms. The predicted molar refractivity (Wildman–Crippen MR) is 67.9 cm³/mol. The Kier molecular flexibility index (Phi) is 4.17. The normalized spacial score (nSPS) is 12.4. The lowest BCUT2D eigenvalue weighted by molar-refractivity contribution is 0.0893. The number of benzene rings is 1. The van der Waals surface area contributed by atoms with Gasteiger partial charge in [-0.15, -0.1) is 0 Å². The zero-order chi connectivity index (χ0) is 12.1. The third kappa shape index (κ3) is 3.87. The Morgan fingerprint density at radius 1 is 1.35 bits per heavy atom. The van der Waals surface area contributed by atoms with Crippen molar-refractivity contribution in [3.05, 3.63) is 47.2 Å². The second kappa shape index (κ2) is 5.84. The van der Waals surface area contributed by atoms with Gasteiger partial charge in [0.25, 0.3) is 0 Å². The van der Waals surface area contributed by atoms with E-state index in [1.54, 1.807) is 10.9 Å². The summed E-state index contributed by atoms with van der Waals surface area (Å²) < 4.78 is 8.01. The fourth-order valence-corrected chi connectivity index (χ4v) is 1.74. The van der Waals surface area contributed by atoms with Gasteiger partial charge < -0.3 is 9.84 Å². The summed E-state index contributed by atoms with van der Waals surface area (Å²) in [6, 6.07) is 9.43. The average Bonchev–Trinajstić information content (AvgIpc) is 2.73. The summed E-state index contributed by atoms with van der Waals surface area (Å²) in [6.45, 7) is 0.667. The highest BCUT2D eigenvalue weighted by Crippen LogP contribution is 2.10. The quantitative estimate of drug-likeness (QED) is 0.919. The Morgan fingerprint density at radius 2 is 2.12 bits per heavy atom. The number of aliphatic hydroxyl groups excluding tert-OH is 1. The van der Waals surface area contributed by atoms with Gasteiger partial charge >= 0.3 is 0 Å². The molecule has 1 atom stereocenters. The molecule has 1 N–H and O–H groups in total. The lowest BCUT2D eigenvalue weighted by Crippen LogP contribution is -2.23. The lowest BCUT2D eigenvalue weighted by atomic mass is 10.3. The fraction of sp³-hybridized carbons (Fsp3) is 0.250. The molecule has 4 nitrogen and oxygen atoms in total. The molecule has 1 aromatic heterocycles. The van der Waals surface area contributed by atoms with E-state index in [4.69, 9.17) is 4.74 Å². The molecule has 5 heteroatoms.